The van der Waals surface area contributed by atoms with Gasteiger partial charge in [0, 0.05) is 6.54 Å². The third-order valence-electron chi connectivity index (χ3n) is 2.12. The molecule has 4 heteroatoms. The highest BCUT2D eigenvalue weighted by Crippen LogP contribution is 2.24. The molecular weight excluding hydrogens is 183 g/mol. The van der Waals surface area contributed by atoms with E-state index in [9.17, 15) is 4.39 Å². The summed E-state index contributed by atoms with van der Waals surface area (Å²) in [4.78, 5) is 5.25. The Morgan fingerprint density at radius 1 is 1.50 bits per heavy atom. The molecule has 0 radical (unpaired) electrons. The molecule has 1 saturated heterocycles. The number of nitriles is 1. The quantitative estimate of drug-likeness (QED) is 0.681. The highest BCUT2D eigenvalue weighted by atomic mass is 19.1. The third kappa shape index (κ3) is 1.42. The summed E-state index contributed by atoms with van der Waals surface area (Å²) >= 11 is 0. The zero-order valence-electron chi connectivity index (χ0n) is 7.53. The minimum atomic E-state index is -0.500. The molecule has 14 heavy (non-hydrogen) atoms. The Balaban J connectivity index is 2.42. The van der Waals surface area contributed by atoms with Gasteiger partial charge >= 0.3 is 0 Å². The van der Waals surface area contributed by atoms with Gasteiger partial charge in [0.05, 0.1) is 12.3 Å². The van der Waals surface area contributed by atoms with Gasteiger partial charge in [-0.05, 0) is 18.6 Å². The fourth-order valence-electron chi connectivity index (χ4n) is 1.47. The van der Waals surface area contributed by atoms with Crippen LogP contribution in [0, 0.1) is 17.1 Å². The number of hydrogen-bond acceptors (Lipinski definition) is 3. The Hall–Kier alpha value is -1.60. The van der Waals surface area contributed by atoms with Crippen molar-refractivity contribution in [1.29, 1.82) is 5.26 Å². The summed E-state index contributed by atoms with van der Waals surface area (Å²) < 4.78 is 13.2. The minimum absolute atomic E-state index is 0.0504. The van der Waals surface area contributed by atoms with E-state index in [-0.39, 0.29) is 5.56 Å². The molecule has 0 amide bonds. The Morgan fingerprint density at radius 2 is 2.36 bits per heavy atom. The largest absolute Gasteiger partial charge is 0.273 e. The van der Waals surface area contributed by atoms with Crippen LogP contribution in [-0.2, 0) is 4.84 Å². The van der Waals surface area contributed by atoms with Gasteiger partial charge in [-0.25, -0.2) is 4.39 Å². The molecule has 1 aliphatic heterocycles. The first-order chi connectivity index (χ1) is 6.83. The maximum atomic E-state index is 13.2. The smallest absolute Gasteiger partial charge is 0.143 e. The first kappa shape index (κ1) is 8.97. The van der Waals surface area contributed by atoms with Crippen molar-refractivity contribution in [3.05, 3.63) is 29.6 Å². The lowest BCUT2D eigenvalue weighted by Gasteiger charge is -2.17. The van der Waals surface area contributed by atoms with E-state index in [1.807, 2.05) is 6.07 Å². The Labute approximate surface area is 81.3 Å². The zero-order chi connectivity index (χ0) is 9.97. The molecule has 0 unspecified atom stereocenters. The van der Waals surface area contributed by atoms with E-state index in [0.29, 0.717) is 18.8 Å². The predicted molar refractivity (Wildman–Crippen MR) is 49.0 cm³/mol. The second-order valence-electron chi connectivity index (χ2n) is 3.03. The molecule has 0 aliphatic carbocycles. The number of halogens is 1. The molecule has 1 aliphatic rings. The molecule has 1 heterocycles. The van der Waals surface area contributed by atoms with Gasteiger partial charge in [-0.15, -0.1) is 0 Å². The van der Waals surface area contributed by atoms with E-state index in [0.717, 1.165) is 6.42 Å². The van der Waals surface area contributed by atoms with E-state index in [1.54, 1.807) is 17.2 Å². The fourth-order valence-corrected chi connectivity index (χ4v) is 1.47. The van der Waals surface area contributed by atoms with Crippen LogP contribution < -0.4 is 5.06 Å². The lowest BCUT2D eigenvalue weighted by Crippen LogP contribution is -2.17. The van der Waals surface area contributed by atoms with E-state index in [4.69, 9.17) is 10.1 Å². The molecular formula is C10H9FN2O. The second kappa shape index (κ2) is 3.64. The van der Waals surface area contributed by atoms with Gasteiger partial charge in [0.25, 0.3) is 0 Å². The van der Waals surface area contributed by atoms with Crippen LogP contribution in [-0.4, -0.2) is 13.2 Å². The van der Waals surface area contributed by atoms with Crippen molar-refractivity contribution >= 4 is 5.69 Å². The number of nitrogens with zero attached hydrogens (tertiary/aromatic N) is 2. The number of benzene rings is 1. The Kier molecular flexibility index (Phi) is 2.33. The van der Waals surface area contributed by atoms with Crippen LogP contribution in [0.3, 0.4) is 0 Å². The van der Waals surface area contributed by atoms with Gasteiger partial charge in [-0.1, -0.05) is 6.07 Å². The number of anilines is 1. The van der Waals surface area contributed by atoms with Crippen LogP contribution in [0.2, 0.25) is 0 Å². The fraction of sp³-hybridized carbons (Fsp3) is 0.300. The predicted octanol–water partition coefficient (Wildman–Crippen LogP) is 1.84. The van der Waals surface area contributed by atoms with Crippen LogP contribution >= 0.6 is 0 Å². The molecule has 1 aromatic rings. The molecule has 1 aromatic carbocycles. The average Bonchev–Trinajstić information content (AvgIpc) is 2.70. The number of rotatable bonds is 1. The van der Waals surface area contributed by atoms with Crippen LogP contribution in [0.4, 0.5) is 10.1 Å². The van der Waals surface area contributed by atoms with Crippen molar-refractivity contribution < 1.29 is 9.23 Å². The number of hydroxylamine groups is 1. The normalized spacial score (nSPS) is 15.6. The first-order valence-electron chi connectivity index (χ1n) is 4.42. The molecule has 1 fully saturated rings. The summed E-state index contributed by atoms with van der Waals surface area (Å²) in [5.74, 6) is -0.500. The van der Waals surface area contributed by atoms with Crippen LogP contribution in [0.15, 0.2) is 18.2 Å². The SMILES string of the molecule is N#Cc1c(F)cccc1N1CCCO1. The molecule has 0 spiro atoms. The second-order valence-corrected chi connectivity index (χ2v) is 3.03. The topological polar surface area (TPSA) is 36.3 Å². The van der Waals surface area contributed by atoms with Gasteiger partial charge in [-0.2, -0.15) is 5.26 Å². The van der Waals surface area contributed by atoms with Crippen molar-refractivity contribution in [2.75, 3.05) is 18.2 Å². The van der Waals surface area contributed by atoms with E-state index in [2.05, 4.69) is 0 Å². The molecule has 72 valence electrons. The molecule has 0 saturated carbocycles. The van der Waals surface area contributed by atoms with Gasteiger partial charge in [0.2, 0.25) is 0 Å². The third-order valence-corrected chi connectivity index (χ3v) is 2.12. The van der Waals surface area contributed by atoms with Crippen LogP contribution in [0.25, 0.3) is 0 Å². The lowest BCUT2D eigenvalue weighted by molar-refractivity contribution is 0.168. The molecule has 0 aromatic heterocycles. The van der Waals surface area contributed by atoms with E-state index in [1.165, 1.54) is 6.07 Å². The van der Waals surface area contributed by atoms with Gasteiger partial charge in [0.1, 0.15) is 17.4 Å². The molecule has 3 nitrogen and oxygen atoms in total. The first-order valence-corrected chi connectivity index (χ1v) is 4.42. The summed E-state index contributed by atoms with van der Waals surface area (Å²) in [6.07, 6.45) is 0.904. The summed E-state index contributed by atoms with van der Waals surface area (Å²) in [7, 11) is 0. The Bertz CT molecular complexity index is 380. The van der Waals surface area contributed by atoms with Gasteiger partial charge < -0.3 is 0 Å². The lowest BCUT2D eigenvalue weighted by atomic mass is 10.2. The van der Waals surface area contributed by atoms with Crippen LogP contribution in [0.1, 0.15) is 12.0 Å². The van der Waals surface area contributed by atoms with E-state index >= 15 is 0 Å². The number of hydrogen-bond donors (Lipinski definition) is 0. The van der Waals surface area contributed by atoms with Gasteiger partial charge in [-0.3, -0.25) is 9.90 Å². The van der Waals surface area contributed by atoms with Crippen molar-refractivity contribution in [3.63, 3.8) is 0 Å². The minimum Gasteiger partial charge on any atom is -0.273 e. The summed E-state index contributed by atoms with van der Waals surface area (Å²) in [5, 5.41) is 10.4. The summed E-state index contributed by atoms with van der Waals surface area (Å²) in [6.45, 7) is 1.33. The highest BCUT2D eigenvalue weighted by molar-refractivity contribution is 5.58. The molecule has 0 atom stereocenters. The van der Waals surface area contributed by atoms with Crippen LogP contribution in [0.5, 0.6) is 0 Å². The van der Waals surface area contributed by atoms with Crippen molar-refractivity contribution in [3.8, 4) is 6.07 Å². The van der Waals surface area contributed by atoms with E-state index < -0.39 is 5.82 Å². The highest BCUT2D eigenvalue weighted by Gasteiger charge is 2.18. The van der Waals surface area contributed by atoms with Crippen molar-refractivity contribution in [2.45, 2.75) is 6.42 Å². The summed E-state index contributed by atoms with van der Waals surface area (Å²) in [6, 6.07) is 6.38. The maximum Gasteiger partial charge on any atom is 0.143 e. The zero-order valence-corrected chi connectivity index (χ0v) is 7.53. The molecule has 0 bridgehead atoms. The van der Waals surface area contributed by atoms with Crippen molar-refractivity contribution in [2.24, 2.45) is 0 Å². The summed E-state index contributed by atoms with van der Waals surface area (Å²) in [5.41, 5.74) is 0.569. The standard InChI is InChI=1S/C10H9FN2O/c11-9-3-1-4-10(8(9)7-12)13-5-2-6-14-13/h1,3-4H,2,5-6H2. The Morgan fingerprint density at radius 3 is 3.00 bits per heavy atom. The molecule has 0 N–H and O–H groups in total. The van der Waals surface area contributed by atoms with Crippen molar-refractivity contribution in [1.82, 2.24) is 0 Å². The maximum absolute atomic E-state index is 13.2. The van der Waals surface area contributed by atoms with Gasteiger partial charge in [0.15, 0.2) is 0 Å². The molecule has 2 rings (SSSR count). The monoisotopic (exact) mass is 192 g/mol. The average molecular weight is 192 g/mol.